The van der Waals surface area contributed by atoms with Gasteiger partial charge in [-0.05, 0) is 39.7 Å². The molecule has 6 heteroatoms. The average Bonchev–Trinajstić information content (AvgIpc) is 3.00. The van der Waals surface area contributed by atoms with E-state index in [9.17, 15) is 0 Å². The van der Waals surface area contributed by atoms with Crippen LogP contribution in [0.25, 0.3) is 0 Å². The third-order valence-corrected chi connectivity index (χ3v) is 4.22. The van der Waals surface area contributed by atoms with Gasteiger partial charge in [0.05, 0.1) is 19.3 Å². The summed E-state index contributed by atoms with van der Waals surface area (Å²) in [6, 6.07) is 0.658. The van der Waals surface area contributed by atoms with E-state index in [1.165, 1.54) is 19.4 Å². The normalized spacial score (nSPS) is 26.0. The number of ether oxygens (including phenoxy) is 2. The van der Waals surface area contributed by atoms with Crippen LogP contribution in [0.3, 0.4) is 0 Å². The van der Waals surface area contributed by atoms with Gasteiger partial charge >= 0.3 is 0 Å². The molecule has 2 aliphatic heterocycles. The van der Waals surface area contributed by atoms with Gasteiger partial charge in [0.2, 0.25) is 0 Å². The smallest absolute Gasteiger partial charge is 0.191 e. The third-order valence-electron chi connectivity index (χ3n) is 4.22. The molecule has 0 bridgehead atoms. The largest absolute Gasteiger partial charge is 0.382 e. The summed E-state index contributed by atoms with van der Waals surface area (Å²) in [4.78, 5) is 7.23. The summed E-state index contributed by atoms with van der Waals surface area (Å²) in [5.41, 5.74) is 0. The number of fused-ring (bicyclic) bond motifs is 1. The van der Waals surface area contributed by atoms with E-state index in [1.807, 2.05) is 6.92 Å². The number of hydrogen-bond donors (Lipinski definition) is 2. The first-order valence-corrected chi connectivity index (χ1v) is 8.79. The van der Waals surface area contributed by atoms with E-state index in [0.29, 0.717) is 6.04 Å². The van der Waals surface area contributed by atoms with E-state index in [2.05, 4.69) is 27.4 Å². The Kier molecular flexibility index (Phi) is 7.98. The van der Waals surface area contributed by atoms with Crippen LogP contribution in [0, 0.1) is 0 Å². The van der Waals surface area contributed by atoms with Crippen LogP contribution in [0.4, 0.5) is 0 Å². The van der Waals surface area contributed by atoms with Crippen molar-refractivity contribution in [3.05, 3.63) is 0 Å². The van der Waals surface area contributed by atoms with Gasteiger partial charge in [0.25, 0.3) is 0 Å². The van der Waals surface area contributed by atoms with Gasteiger partial charge in [0.1, 0.15) is 0 Å². The molecule has 0 aliphatic carbocycles. The summed E-state index contributed by atoms with van der Waals surface area (Å²) in [6.45, 7) is 11.3. The maximum atomic E-state index is 5.95. The Morgan fingerprint density at radius 2 is 2.27 bits per heavy atom. The lowest BCUT2D eigenvalue weighted by molar-refractivity contribution is -0.0432. The minimum atomic E-state index is 0.230. The van der Waals surface area contributed by atoms with E-state index in [4.69, 9.17) is 9.47 Å². The van der Waals surface area contributed by atoms with Crippen molar-refractivity contribution in [2.24, 2.45) is 4.99 Å². The van der Waals surface area contributed by atoms with Crippen molar-refractivity contribution in [1.29, 1.82) is 0 Å². The number of morpholine rings is 1. The Morgan fingerprint density at radius 3 is 3.09 bits per heavy atom. The second kappa shape index (κ2) is 10.0. The fourth-order valence-electron chi connectivity index (χ4n) is 3.06. The molecule has 6 nitrogen and oxygen atoms in total. The number of rotatable bonds is 8. The number of aliphatic imine (C=N–C) groups is 1. The Hall–Kier alpha value is -0.850. The van der Waals surface area contributed by atoms with Crippen molar-refractivity contribution in [3.63, 3.8) is 0 Å². The van der Waals surface area contributed by atoms with Gasteiger partial charge in [0, 0.05) is 38.9 Å². The van der Waals surface area contributed by atoms with Gasteiger partial charge in [0.15, 0.2) is 5.96 Å². The lowest BCUT2D eigenvalue weighted by atomic mass is 10.2. The fraction of sp³-hybridized carbons (Fsp3) is 0.938. The van der Waals surface area contributed by atoms with Crippen LogP contribution in [-0.4, -0.2) is 75.5 Å². The molecule has 2 fully saturated rings. The molecule has 22 heavy (non-hydrogen) atoms. The van der Waals surface area contributed by atoms with Crippen molar-refractivity contribution in [2.75, 3.05) is 52.5 Å². The molecule has 0 amide bonds. The predicted molar refractivity (Wildman–Crippen MR) is 89.4 cm³/mol. The highest BCUT2D eigenvalue weighted by molar-refractivity contribution is 5.79. The second-order valence-corrected chi connectivity index (χ2v) is 5.94. The molecule has 0 saturated carbocycles. The number of guanidine groups is 1. The quantitative estimate of drug-likeness (QED) is 0.395. The molecule has 2 saturated heterocycles. The fourth-order valence-corrected chi connectivity index (χ4v) is 3.06. The summed E-state index contributed by atoms with van der Waals surface area (Å²) in [6.07, 6.45) is 3.83. The third kappa shape index (κ3) is 5.74. The maximum Gasteiger partial charge on any atom is 0.191 e. The van der Waals surface area contributed by atoms with E-state index in [1.54, 1.807) is 0 Å². The molecule has 2 heterocycles. The van der Waals surface area contributed by atoms with Crippen molar-refractivity contribution in [3.8, 4) is 0 Å². The highest BCUT2D eigenvalue weighted by atomic mass is 16.5. The Labute approximate surface area is 134 Å². The lowest BCUT2D eigenvalue weighted by Gasteiger charge is -2.34. The minimum absolute atomic E-state index is 0.230. The standard InChI is InChI=1S/C16H32N4O2/c1-3-17-16(18-8-6-10-21-4-2)19-11-15-12-20-9-5-7-14(20)13-22-15/h14-15H,3-13H2,1-2H3,(H2,17,18,19). The molecular weight excluding hydrogens is 280 g/mol. The van der Waals surface area contributed by atoms with Crippen molar-refractivity contribution >= 4 is 5.96 Å². The Morgan fingerprint density at radius 1 is 1.36 bits per heavy atom. The summed E-state index contributed by atoms with van der Waals surface area (Å²) < 4.78 is 11.3. The first kappa shape index (κ1) is 17.5. The molecule has 2 rings (SSSR count). The van der Waals surface area contributed by atoms with Crippen molar-refractivity contribution in [1.82, 2.24) is 15.5 Å². The van der Waals surface area contributed by atoms with Crippen molar-refractivity contribution < 1.29 is 9.47 Å². The van der Waals surface area contributed by atoms with Crippen LogP contribution < -0.4 is 10.6 Å². The van der Waals surface area contributed by atoms with Gasteiger partial charge in [-0.3, -0.25) is 9.89 Å². The van der Waals surface area contributed by atoms with Gasteiger partial charge in [-0.2, -0.15) is 0 Å². The van der Waals surface area contributed by atoms with Gasteiger partial charge in [-0.1, -0.05) is 0 Å². The number of nitrogens with zero attached hydrogens (tertiary/aromatic N) is 2. The molecule has 2 aliphatic rings. The monoisotopic (exact) mass is 312 g/mol. The molecule has 0 aromatic carbocycles. The predicted octanol–water partition coefficient (Wildman–Crippen LogP) is 0.831. The highest BCUT2D eigenvalue weighted by Crippen LogP contribution is 2.22. The molecule has 0 aromatic heterocycles. The van der Waals surface area contributed by atoms with E-state index >= 15 is 0 Å². The number of hydrogen-bond acceptors (Lipinski definition) is 4. The summed E-state index contributed by atoms with van der Waals surface area (Å²) in [7, 11) is 0. The SMILES string of the molecule is CCNC(=NCC1CN2CCCC2CO1)NCCCOCC. The van der Waals surface area contributed by atoms with Crippen LogP contribution in [0.2, 0.25) is 0 Å². The molecule has 2 unspecified atom stereocenters. The Bertz CT molecular complexity index is 338. The maximum absolute atomic E-state index is 5.95. The van der Waals surface area contributed by atoms with Crippen LogP contribution >= 0.6 is 0 Å². The van der Waals surface area contributed by atoms with Gasteiger partial charge < -0.3 is 20.1 Å². The topological polar surface area (TPSA) is 58.1 Å². The lowest BCUT2D eigenvalue weighted by Crippen LogP contribution is -2.47. The Balaban J connectivity index is 1.69. The van der Waals surface area contributed by atoms with E-state index in [-0.39, 0.29) is 6.10 Å². The van der Waals surface area contributed by atoms with Crippen LogP contribution in [0.5, 0.6) is 0 Å². The first-order valence-electron chi connectivity index (χ1n) is 8.79. The summed E-state index contributed by atoms with van der Waals surface area (Å²) in [5, 5.41) is 6.64. The minimum Gasteiger partial charge on any atom is -0.382 e. The molecule has 128 valence electrons. The van der Waals surface area contributed by atoms with Gasteiger partial charge in [-0.25, -0.2) is 0 Å². The zero-order valence-electron chi connectivity index (χ0n) is 14.1. The molecule has 0 spiro atoms. The molecule has 2 atom stereocenters. The molecule has 2 N–H and O–H groups in total. The molecule has 0 aromatic rings. The summed E-state index contributed by atoms with van der Waals surface area (Å²) in [5.74, 6) is 0.881. The van der Waals surface area contributed by atoms with Crippen molar-refractivity contribution in [2.45, 2.75) is 45.3 Å². The van der Waals surface area contributed by atoms with E-state index in [0.717, 1.165) is 58.4 Å². The highest BCUT2D eigenvalue weighted by Gasteiger charge is 2.31. The molecule has 0 radical (unpaired) electrons. The zero-order chi connectivity index (χ0) is 15.6. The van der Waals surface area contributed by atoms with Crippen LogP contribution in [0.1, 0.15) is 33.1 Å². The van der Waals surface area contributed by atoms with E-state index < -0.39 is 0 Å². The second-order valence-electron chi connectivity index (χ2n) is 5.94. The molecular formula is C16H32N4O2. The number of nitrogens with one attached hydrogen (secondary N) is 2. The van der Waals surface area contributed by atoms with Crippen LogP contribution in [0.15, 0.2) is 4.99 Å². The summed E-state index contributed by atoms with van der Waals surface area (Å²) >= 11 is 0. The average molecular weight is 312 g/mol. The van der Waals surface area contributed by atoms with Crippen LogP contribution in [-0.2, 0) is 9.47 Å². The van der Waals surface area contributed by atoms with Gasteiger partial charge in [-0.15, -0.1) is 0 Å². The zero-order valence-corrected chi connectivity index (χ0v) is 14.1. The first-order chi connectivity index (χ1) is 10.8.